The maximum Gasteiger partial charge on any atom is 0.355 e. The molecule has 2 N–H and O–H groups in total. The van der Waals surface area contributed by atoms with Gasteiger partial charge < -0.3 is 10.4 Å². The number of thiazole rings is 1. The fourth-order valence-electron chi connectivity index (χ4n) is 1.57. The fraction of sp³-hybridized carbons (Fsp3) is 0.333. The van der Waals surface area contributed by atoms with Crippen LogP contribution in [0.5, 0.6) is 0 Å². The van der Waals surface area contributed by atoms with E-state index in [1.807, 2.05) is 0 Å². The first kappa shape index (κ1) is 14.2. The summed E-state index contributed by atoms with van der Waals surface area (Å²) in [5, 5.41) is 17.7. The van der Waals surface area contributed by atoms with Crippen molar-refractivity contribution in [1.82, 2.24) is 20.1 Å². The number of hydrogen-bond acceptors (Lipinski definition) is 5. The Kier molecular flexibility index (Phi) is 4.83. The van der Waals surface area contributed by atoms with Crippen molar-refractivity contribution in [2.75, 3.05) is 6.54 Å². The Bertz CT molecular complexity index is 579. The molecule has 0 fully saturated rings. The number of nitrogens with zero attached hydrogens (tertiary/aromatic N) is 3. The molecule has 2 rings (SSSR count). The van der Waals surface area contributed by atoms with Crippen molar-refractivity contribution < 1.29 is 14.7 Å². The third kappa shape index (κ3) is 4.16. The first-order chi connectivity index (χ1) is 9.65. The van der Waals surface area contributed by atoms with Crippen molar-refractivity contribution >= 4 is 23.2 Å². The number of aryl methyl sites for hydroxylation is 1. The van der Waals surface area contributed by atoms with Gasteiger partial charge in [-0.2, -0.15) is 5.10 Å². The zero-order valence-corrected chi connectivity index (χ0v) is 11.5. The van der Waals surface area contributed by atoms with Crippen molar-refractivity contribution in [3.63, 3.8) is 0 Å². The first-order valence-corrected chi connectivity index (χ1v) is 6.95. The molecule has 0 aliphatic rings. The highest BCUT2D eigenvalue weighted by atomic mass is 32.1. The second kappa shape index (κ2) is 6.80. The largest absolute Gasteiger partial charge is 0.476 e. The number of carboxylic acids is 1. The SMILES string of the molecule is O=C(CCn1cccn1)NCCc1nc(C(=O)O)cs1. The van der Waals surface area contributed by atoms with Gasteiger partial charge in [0.15, 0.2) is 5.69 Å². The highest BCUT2D eigenvalue weighted by molar-refractivity contribution is 7.09. The smallest absolute Gasteiger partial charge is 0.355 e. The molecule has 0 aromatic carbocycles. The predicted molar refractivity (Wildman–Crippen MR) is 72.6 cm³/mol. The second-order valence-electron chi connectivity index (χ2n) is 4.05. The number of aromatic carboxylic acids is 1. The molecule has 106 valence electrons. The maximum absolute atomic E-state index is 11.6. The molecule has 7 nitrogen and oxygen atoms in total. The lowest BCUT2D eigenvalue weighted by molar-refractivity contribution is -0.121. The number of aromatic nitrogens is 3. The number of carbonyl (C=O) groups is 2. The van der Waals surface area contributed by atoms with E-state index in [9.17, 15) is 9.59 Å². The molecule has 0 unspecified atom stereocenters. The number of amides is 1. The van der Waals surface area contributed by atoms with E-state index in [1.54, 1.807) is 23.1 Å². The summed E-state index contributed by atoms with van der Waals surface area (Å²) in [5.74, 6) is -1.09. The Labute approximate surface area is 119 Å². The van der Waals surface area contributed by atoms with Crippen molar-refractivity contribution in [2.24, 2.45) is 0 Å². The lowest BCUT2D eigenvalue weighted by atomic mass is 10.3. The molecule has 0 saturated carbocycles. The van der Waals surface area contributed by atoms with Crippen molar-refractivity contribution in [2.45, 2.75) is 19.4 Å². The summed E-state index contributed by atoms with van der Waals surface area (Å²) in [6.07, 6.45) is 4.36. The minimum atomic E-state index is -1.03. The Morgan fingerprint density at radius 1 is 1.45 bits per heavy atom. The van der Waals surface area contributed by atoms with E-state index < -0.39 is 5.97 Å². The minimum absolute atomic E-state index is 0.0509. The van der Waals surface area contributed by atoms with Crippen LogP contribution in [0.1, 0.15) is 21.9 Å². The molecule has 20 heavy (non-hydrogen) atoms. The highest BCUT2D eigenvalue weighted by Gasteiger charge is 2.08. The van der Waals surface area contributed by atoms with E-state index in [0.29, 0.717) is 30.9 Å². The molecule has 2 aromatic rings. The lowest BCUT2D eigenvalue weighted by Gasteiger charge is -2.04. The van der Waals surface area contributed by atoms with Crippen LogP contribution in [0.15, 0.2) is 23.8 Å². The first-order valence-electron chi connectivity index (χ1n) is 6.07. The van der Waals surface area contributed by atoms with Crippen LogP contribution in [0, 0.1) is 0 Å². The molecule has 8 heteroatoms. The Hall–Kier alpha value is -2.22. The van der Waals surface area contributed by atoms with Gasteiger partial charge in [0.25, 0.3) is 0 Å². The Balaban J connectivity index is 1.67. The summed E-state index contributed by atoms with van der Waals surface area (Å²) >= 11 is 1.28. The van der Waals surface area contributed by atoms with Crippen LogP contribution in [0.2, 0.25) is 0 Å². The Morgan fingerprint density at radius 2 is 2.30 bits per heavy atom. The lowest BCUT2D eigenvalue weighted by Crippen LogP contribution is -2.26. The van der Waals surface area contributed by atoms with Gasteiger partial charge in [-0.15, -0.1) is 11.3 Å². The van der Waals surface area contributed by atoms with Crippen molar-refractivity contribution in [1.29, 1.82) is 0 Å². The van der Waals surface area contributed by atoms with Gasteiger partial charge in [-0.1, -0.05) is 0 Å². The molecule has 0 radical (unpaired) electrons. The summed E-state index contributed by atoms with van der Waals surface area (Å²) in [7, 11) is 0. The number of hydrogen-bond donors (Lipinski definition) is 2. The quantitative estimate of drug-likeness (QED) is 0.786. The number of nitrogens with one attached hydrogen (secondary N) is 1. The van der Waals surface area contributed by atoms with Gasteiger partial charge in [0, 0.05) is 43.7 Å². The number of rotatable bonds is 7. The normalized spacial score (nSPS) is 10.4. The van der Waals surface area contributed by atoms with Crippen LogP contribution in [-0.4, -0.2) is 38.3 Å². The average Bonchev–Trinajstić information content (AvgIpc) is 3.07. The van der Waals surface area contributed by atoms with Crippen molar-refractivity contribution in [3.8, 4) is 0 Å². The van der Waals surface area contributed by atoms with Gasteiger partial charge in [0.05, 0.1) is 5.01 Å². The van der Waals surface area contributed by atoms with E-state index in [-0.39, 0.29) is 11.6 Å². The van der Waals surface area contributed by atoms with Crippen molar-refractivity contribution in [3.05, 3.63) is 34.5 Å². The molecular weight excluding hydrogens is 280 g/mol. The zero-order valence-electron chi connectivity index (χ0n) is 10.7. The third-order valence-electron chi connectivity index (χ3n) is 2.56. The van der Waals surface area contributed by atoms with E-state index in [0.717, 1.165) is 0 Å². The number of carbonyl (C=O) groups excluding carboxylic acids is 1. The molecule has 2 heterocycles. The van der Waals surface area contributed by atoms with Crippen LogP contribution >= 0.6 is 11.3 Å². The predicted octanol–water partition coefficient (Wildman–Crippen LogP) is 0.787. The molecule has 1 amide bonds. The monoisotopic (exact) mass is 294 g/mol. The van der Waals surface area contributed by atoms with Gasteiger partial charge in [-0.05, 0) is 6.07 Å². The van der Waals surface area contributed by atoms with Crippen LogP contribution in [0.4, 0.5) is 0 Å². The molecule has 0 aliphatic heterocycles. The van der Waals surface area contributed by atoms with E-state index in [4.69, 9.17) is 5.11 Å². The van der Waals surface area contributed by atoms with E-state index in [2.05, 4.69) is 15.4 Å². The molecule has 0 atom stereocenters. The second-order valence-corrected chi connectivity index (χ2v) is 4.99. The topological polar surface area (TPSA) is 97.1 Å². The standard InChI is InChI=1S/C12H14N4O3S/c17-10(3-7-16-6-1-4-14-16)13-5-2-11-15-9(8-20-11)12(18)19/h1,4,6,8H,2-3,5,7H2,(H,13,17)(H,18,19). The van der Waals surface area contributed by atoms with Gasteiger partial charge in [-0.25, -0.2) is 9.78 Å². The van der Waals surface area contributed by atoms with Crippen LogP contribution in [0.3, 0.4) is 0 Å². The average molecular weight is 294 g/mol. The summed E-state index contributed by atoms with van der Waals surface area (Å²) in [6.45, 7) is 0.990. The minimum Gasteiger partial charge on any atom is -0.476 e. The molecule has 0 bridgehead atoms. The van der Waals surface area contributed by atoms with Gasteiger partial charge >= 0.3 is 5.97 Å². The fourth-order valence-corrected chi connectivity index (χ4v) is 2.34. The maximum atomic E-state index is 11.6. The molecule has 0 spiro atoms. The van der Waals surface area contributed by atoms with E-state index in [1.165, 1.54) is 16.7 Å². The molecular formula is C12H14N4O3S. The highest BCUT2D eigenvalue weighted by Crippen LogP contribution is 2.09. The number of carboxylic acid groups (broad SMARTS) is 1. The summed E-state index contributed by atoms with van der Waals surface area (Å²) < 4.78 is 1.69. The molecule has 0 saturated heterocycles. The third-order valence-corrected chi connectivity index (χ3v) is 3.47. The summed E-state index contributed by atoms with van der Waals surface area (Å²) in [4.78, 5) is 26.2. The summed E-state index contributed by atoms with van der Waals surface area (Å²) in [5.41, 5.74) is 0.0509. The molecule has 0 aliphatic carbocycles. The molecule has 2 aromatic heterocycles. The summed E-state index contributed by atoms with van der Waals surface area (Å²) in [6, 6.07) is 1.81. The van der Waals surface area contributed by atoms with Gasteiger partial charge in [0.2, 0.25) is 5.91 Å². The van der Waals surface area contributed by atoms with Gasteiger partial charge in [-0.3, -0.25) is 9.48 Å². The van der Waals surface area contributed by atoms with Crippen LogP contribution in [-0.2, 0) is 17.8 Å². The van der Waals surface area contributed by atoms with Gasteiger partial charge in [0.1, 0.15) is 0 Å². The zero-order chi connectivity index (χ0) is 14.4. The van der Waals surface area contributed by atoms with Crippen LogP contribution < -0.4 is 5.32 Å². The van der Waals surface area contributed by atoms with E-state index >= 15 is 0 Å². The van der Waals surface area contributed by atoms with Crippen LogP contribution in [0.25, 0.3) is 0 Å². The Morgan fingerprint density at radius 3 is 2.95 bits per heavy atom.